The summed E-state index contributed by atoms with van der Waals surface area (Å²) in [6, 6.07) is -0.865. The number of amides is 1. The van der Waals surface area contributed by atoms with E-state index in [2.05, 4.69) is 92.1 Å². The number of phosphoric acid groups is 1. The van der Waals surface area contributed by atoms with Crippen LogP contribution in [0.1, 0.15) is 335 Å². The van der Waals surface area contributed by atoms with Gasteiger partial charge >= 0.3 is 7.82 Å². The van der Waals surface area contributed by atoms with Crippen molar-refractivity contribution in [1.82, 2.24) is 5.32 Å². The molecule has 0 spiro atoms. The van der Waals surface area contributed by atoms with Crippen molar-refractivity contribution in [1.29, 1.82) is 0 Å². The molecular weight excluding hydrogens is 1060 g/mol. The molecule has 0 aliphatic rings. The summed E-state index contributed by atoms with van der Waals surface area (Å²) >= 11 is 0. The molecule has 0 radical (unpaired) electrons. The van der Waals surface area contributed by atoms with Gasteiger partial charge in [-0.3, -0.25) is 13.8 Å². The molecule has 84 heavy (non-hydrogen) atoms. The lowest BCUT2D eigenvalue weighted by molar-refractivity contribution is -0.870. The van der Waals surface area contributed by atoms with Gasteiger partial charge in [-0.2, -0.15) is 0 Å². The van der Waals surface area contributed by atoms with Crippen LogP contribution in [0.4, 0.5) is 0 Å². The smallest absolute Gasteiger partial charge is 0.387 e. The van der Waals surface area contributed by atoms with Crippen molar-refractivity contribution in [3.63, 3.8) is 0 Å². The number of phosphoric ester groups is 1. The molecule has 0 saturated heterocycles. The number of likely N-dealkylation sites (N-methyl/N-ethyl adjacent to an activating group) is 1. The molecule has 3 unspecified atom stereocenters. The SMILES string of the molecule is CC/C=C\C/C=C\C/C=C\C/C=C\C/C=C\CCCCCCCCCCCCCCCCCCCCCCCCCCCC(=O)NC(COP(=O)(O)OCC[N+](C)(C)C)C(O)/C=C/CC/C=C/CCCCCCCCCCCCCCCCC. The Balaban J connectivity index is 3.96. The lowest BCUT2D eigenvalue weighted by atomic mass is 10.0. The van der Waals surface area contributed by atoms with Crippen molar-refractivity contribution in [3.05, 3.63) is 85.1 Å². The fraction of sp³-hybridized carbons (Fsp3) is 0.800. The molecule has 9 heteroatoms. The van der Waals surface area contributed by atoms with Crippen LogP contribution in [0.2, 0.25) is 0 Å². The van der Waals surface area contributed by atoms with Crippen LogP contribution in [0.3, 0.4) is 0 Å². The van der Waals surface area contributed by atoms with E-state index in [0.717, 1.165) is 70.6 Å². The highest BCUT2D eigenvalue weighted by molar-refractivity contribution is 7.47. The lowest BCUT2D eigenvalue weighted by Gasteiger charge is -2.25. The number of hydrogen-bond acceptors (Lipinski definition) is 5. The van der Waals surface area contributed by atoms with Gasteiger partial charge in [-0.25, -0.2) is 4.57 Å². The first-order valence-electron chi connectivity index (χ1n) is 36.0. The number of aliphatic hydroxyl groups is 1. The highest BCUT2D eigenvalue weighted by Crippen LogP contribution is 2.43. The van der Waals surface area contributed by atoms with E-state index in [1.807, 2.05) is 27.2 Å². The van der Waals surface area contributed by atoms with Gasteiger partial charge in [-0.15, -0.1) is 0 Å². The van der Waals surface area contributed by atoms with Crippen molar-refractivity contribution >= 4 is 13.7 Å². The molecule has 0 aliphatic carbocycles. The summed E-state index contributed by atoms with van der Waals surface area (Å²) < 4.78 is 23.8. The molecule has 0 aromatic heterocycles. The maximum absolute atomic E-state index is 13.0. The molecular formula is C75H140N2O6P+. The molecule has 1 amide bonds. The fourth-order valence-corrected chi connectivity index (χ4v) is 11.3. The highest BCUT2D eigenvalue weighted by atomic mass is 31.2. The van der Waals surface area contributed by atoms with Crippen LogP contribution in [0.15, 0.2) is 85.1 Å². The standard InChI is InChI=1S/C75H139N2O6P/c1-6-8-10-12-14-16-18-20-22-24-26-28-29-30-31-32-33-34-35-36-37-38-39-40-41-42-43-44-45-46-47-49-51-53-55-57-59-61-63-65-67-69-75(79)76-73(72-83-84(80,81)82-71-70-77(3,4)5)74(78)68-66-64-62-60-58-56-54-52-50-48-27-25-23-21-19-17-15-13-11-9-7-2/h8,10,14,16,20,22,26,28,30-31,58,60,66,68,73-74,78H,6-7,9,11-13,15,17-19,21,23-25,27,29,32-57,59,61-65,67,69-72H2,1-5H3,(H-,76,79,80,81)/p+1/b10-8-,16-14-,22-20-,28-26-,31-30-,60-58+,68-66+. The molecule has 490 valence electrons. The number of carbonyl (C=O) groups is 1. The Hall–Kier alpha value is -2.32. The van der Waals surface area contributed by atoms with Gasteiger partial charge in [0.15, 0.2) is 0 Å². The quantitative estimate of drug-likeness (QED) is 0.0243. The fourth-order valence-electron chi connectivity index (χ4n) is 10.6. The van der Waals surface area contributed by atoms with Gasteiger partial charge in [-0.05, 0) is 77.0 Å². The van der Waals surface area contributed by atoms with Crippen molar-refractivity contribution in [2.24, 2.45) is 0 Å². The van der Waals surface area contributed by atoms with Gasteiger partial charge < -0.3 is 19.8 Å². The molecule has 3 N–H and O–H groups in total. The molecule has 3 atom stereocenters. The Morgan fingerprint density at radius 3 is 1.10 bits per heavy atom. The molecule has 0 bridgehead atoms. The summed E-state index contributed by atoms with van der Waals surface area (Å²) in [5, 5.41) is 14.0. The summed E-state index contributed by atoms with van der Waals surface area (Å²) in [7, 11) is 1.56. The number of nitrogens with zero attached hydrogens (tertiary/aromatic N) is 1. The summed E-state index contributed by atoms with van der Waals surface area (Å²) in [4.78, 5) is 23.4. The van der Waals surface area contributed by atoms with Gasteiger partial charge in [0.2, 0.25) is 5.91 Å². The van der Waals surface area contributed by atoms with E-state index in [9.17, 15) is 19.4 Å². The van der Waals surface area contributed by atoms with Crippen molar-refractivity contribution in [3.8, 4) is 0 Å². The van der Waals surface area contributed by atoms with E-state index >= 15 is 0 Å². The Morgan fingerprint density at radius 2 is 0.726 bits per heavy atom. The minimum Gasteiger partial charge on any atom is -0.387 e. The maximum Gasteiger partial charge on any atom is 0.472 e. The third-order valence-corrected chi connectivity index (χ3v) is 17.1. The van der Waals surface area contributed by atoms with Crippen LogP contribution in [-0.4, -0.2) is 73.4 Å². The van der Waals surface area contributed by atoms with Gasteiger partial charge in [0.25, 0.3) is 0 Å². The van der Waals surface area contributed by atoms with Crippen LogP contribution < -0.4 is 5.32 Å². The molecule has 0 aromatic rings. The minimum absolute atomic E-state index is 0.0562. The number of unbranched alkanes of at least 4 members (excludes halogenated alkanes) is 41. The molecule has 0 saturated carbocycles. The first kappa shape index (κ1) is 81.7. The largest absolute Gasteiger partial charge is 0.472 e. The zero-order valence-electron chi connectivity index (χ0n) is 56.1. The van der Waals surface area contributed by atoms with E-state index in [1.54, 1.807) is 6.08 Å². The van der Waals surface area contributed by atoms with Gasteiger partial charge in [0.1, 0.15) is 13.2 Å². The molecule has 8 nitrogen and oxygen atoms in total. The molecule has 0 aromatic carbocycles. The number of nitrogens with one attached hydrogen (secondary N) is 1. The maximum atomic E-state index is 13.0. The van der Waals surface area contributed by atoms with Crippen molar-refractivity contribution in [2.75, 3.05) is 40.9 Å². The third-order valence-electron chi connectivity index (χ3n) is 16.1. The van der Waals surface area contributed by atoms with E-state index in [4.69, 9.17) is 9.05 Å². The van der Waals surface area contributed by atoms with Gasteiger partial charge in [-0.1, -0.05) is 336 Å². The Morgan fingerprint density at radius 1 is 0.417 bits per heavy atom. The monoisotopic (exact) mass is 1200 g/mol. The predicted octanol–water partition coefficient (Wildman–Crippen LogP) is 23.1. The van der Waals surface area contributed by atoms with E-state index in [-0.39, 0.29) is 19.1 Å². The van der Waals surface area contributed by atoms with E-state index < -0.39 is 20.0 Å². The second-order valence-electron chi connectivity index (χ2n) is 25.6. The van der Waals surface area contributed by atoms with Crippen LogP contribution in [0.5, 0.6) is 0 Å². The zero-order valence-corrected chi connectivity index (χ0v) is 57.0. The summed E-state index contributed by atoms with van der Waals surface area (Å²) in [5.74, 6) is -0.182. The van der Waals surface area contributed by atoms with Gasteiger partial charge in [0, 0.05) is 6.42 Å². The number of quaternary nitrogens is 1. The normalized spacial score (nSPS) is 14.1. The van der Waals surface area contributed by atoms with Crippen LogP contribution in [-0.2, 0) is 18.4 Å². The second kappa shape index (κ2) is 65.1. The van der Waals surface area contributed by atoms with Crippen molar-refractivity contribution < 1.29 is 32.9 Å². The number of allylic oxidation sites excluding steroid dienone is 13. The first-order valence-corrected chi connectivity index (χ1v) is 37.5. The van der Waals surface area contributed by atoms with Crippen LogP contribution in [0, 0.1) is 0 Å². The number of carbonyl (C=O) groups excluding carboxylic acids is 1. The summed E-state index contributed by atoms with van der Waals surface area (Å²) in [5.41, 5.74) is 0. The molecule has 0 heterocycles. The number of hydrogen-bond donors (Lipinski definition) is 3. The zero-order chi connectivity index (χ0) is 61.2. The van der Waals surface area contributed by atoms with Crippen LogP contribution >= 0.6 is 7.82 Å². The molecule has 0 rings (SSSR count). The lowest BCUT2D eigenvalue weighted by Crippen LogP contribution is -2.45. The Labute approximate surface area is 522 Å². The molecule has 0 fully saturated rings. The van der Waals surface area contributed by atoms with E-state index in [1.165, 1.54) is 244 Å². The second-order valence-corrected chi connectivity index (χ2v) is 27.0. The summed E-state index contributed by atoms with van der Waals surface area (Å²) in [6.07, 6.45) is 93.2. The number of rotatable bonds is 66. The van der Waals surface area contributed by atoms with Crippen molar-refractivity contribution in [2.45, 2.75) is 347 Å². The third kappa shape index (κ3) is 67.2. The van der Waals surface area contributed by atoms with Gasteiger partial charge in [0.05, 0.1) is 39.9 Å². The Bertz CT molecular complexity index is 1650. The van der Waals surface area contributed by atoms with Crippen LogP contribution in [0.25, 0.3) is 0 Å². The average molecular weight is 1200 g/mol. The summed E-state index contributed by atoms with van der Waals surface area (Å²) in [6.45, 7) is 4.72. The first-order chi connectivity index (χ1) is 41.0. The Kier molecular flexibility index (Phi) is 63.3. The topological polar surface area (TPSA) is 105 Å². The molecule has 0 aliphatic heterocycles. The highest BCUT2D eigenvalue weighted by Gasteiger charge is 2.28. The average Bonchev–Trinajstić information content (AvgIpc) is 3.56. The predicted molar refractivity (Wildman–Crippen MR) is 369 cm³/mol. The minimum atomic E-state index is -4.36. The number of aliphatic hydroxyl groups excluding tert-OH is 1. The van der Waals surface area contributed by atoms with E-state index in [0.29, 0.717) is 17.4 Å².